The molecule has 21 heavy (non-hydrogen) atoms. The number of pyridine rings is 1. The number of carbonyl (C=O) groups is 2. The number of methoxy groups -OCH3 is 1. The van der Waals surface area contributed by atoms with Gasteiger partial charge in [-0.05, 0) is 35.9 Å². The fraction of sp³-hybridized carbons (Fsp3) is 0.118. The third-order valence-corrected chi connectivity index (χ3v) is 2.91. The summed E-state index contributed by atoms with van der Waals surface area (Å²) in [4.78, 5) is 27.3. The van der Waals surface area contributed by atoms with E-state index in [1.54, 1.807) is 31.4 Å². The molecule has 0 aliphatic rings. The first-order chi connectivity index (χ1) is 10.1. The van der Waals surface area contributed by atoms with Gasteiger partial charge in [0.05, 0.1) is 7.11 Å². The van der Waals surface area contributed by atoms with Crippen molar-refractivity contribution in [2.45, 2.75) is 6.92 Å². The number of carbonyl (C=O) groups excluding carboxylic acids is 2. The number of ketones is 2. The Bertz CT molecular complexity index is 687. The van der Waals surface area contributed by atoms with Crippen LogP contribution in [0.1, 0.15) is 33.5 Å². The minimum Gasteiger partial charge on any atom is -0.497 e. The van der Waals surface area contributed by atoms with Crippen LogP contribution in [0.2, 0.25) is 0 Å². The molecule has 0 bridgehead atoms. The quantitative estimate of drug-likeness (QED) is 0.624. The van der Waals surface area contributed by atoms with Gasteiger partial charge >= 0.3 is 0 Å². The predicted octanol–water partition coefficient (Wildman–Crippen LogP) is 3.19. The van der Waals surface area contributed by atoms with Crippen molar-refractivity contribution in [3.05, 3.63) is 65.5 Å². The highest BCUT2D eigenvalue weighted by Gasteiger charge is 2.07. The maximum Gasteiger partial charge on any atom is 0.204 e. The number of allylic oxidation sites excluding steroid dienone is 1. The van der Waals surface area contributed by atoms with E-state index < -0.39 is 0 Å². The van der Waals surface area contributed by atoms with Gasteiger partial charge in [-0.25, -0.2) is 4.98 Å². The van der Waals surface area contributed by atoms with Crippen molar-refractivity contribution in [2.24, 2.45) is 0 Å². The zero-order chi connectivity index (χ0) is 15.2. The van der Waals surface area contributed by atoms with Crippen LogP contribution in [-0.2, 0) is 0 Å². The van der Waals surface area contributed by atoms with Crippen molar-refractivity contribution in [3.8, 4) is 5.75 Å². The zero-order valence-corrected chi connectivity index (χ0v) is 11.9. The second kappa shape index (κ2) is 6.61. The van der Waals surface area contributed by atoms with E-state index in [9.17, 15) is 9.59 Å². The molecule has 0 spiro atoms. The molecule has 0 saturated carbocycles. The lowest BCUT2D eigenvalue weighted by atomic mass is 10.1. The first-order valence-corrected chi connectivity index (χ1v) is 6.44. The van der Waals surface area contributed by atoms with Gasteiger partial charge in [0.25, 0.3) is 0 Å². The maximum absolute atomic E-state index is 12.0. The SMILES string of the molecule is COc1ccc(/C=C/C(=O)c2cccc(C(C)=O)n2)cc1. The predicted molar refractivity (Wildman–Crippen MR) is 80.6 cm³/mol. The van der Waals surface area contributed by atoms with Gasteiger partial charge in [-0.2, -0.15) is 0 Å². The Morgan fingerprint density at radius 2 is 1.71 bits per heavy atom. The van der Waals surface area contributed by atoms with Gasteiger partial charge in [0.15, 0.2) is 5.78 Å². The van der Waals surface area contributed by atoms with Crippen molar-refractivity contribution in [3.63, 3.8) is 0 Å². The average Bonchev–Trinajstić information content (AvgIpc) is 2.53. The summed E-state index contributed by atoms with van der Waals surface area (Å²) in [6.07, 6.45) is 3.14. The van der Waals surface area contributed by atoms with Crippen molar-refractivity contribution < 1.29 is 14.3 Å². The van der Waals surface area contributed by atoms with Crippen LogP contribution in [0.5, 0.6) is 5.75 Å². The van der Waals surface area contributed by atoms with Gasteiger partial charge in [-0.3, -0.25) is 9.59 Å². The van der Waals surface area contributed by atoms with Crippen LogP contribution < -0.4 is 4.74 Å². The Kier molecular flexibility index (Phi) is 4.61. The maximum atomic E-state index is 12.0. The molecular formula is C17H15NO3. The summed E-state index contributed by atoms with van der Waals surface area (Å²) < 4.78 is 5.07. The summed E-state index contributed by atoms with van der Waals surface area (Å²) >= 11 is 0. The first kappa shape index (κ1) is 14.7. The topological polar surface area (TPSA) is 56.3 Å². The van der Waals surface area contributed by atoms with Crippen LogP contribution in [-0.4, -0.2) is 23.7 Å². The zero-order valence-electron chi connectivity index (χ0n) is 11.9. The molecule has 2 rings (SSSR count). The summed E-state index contributed by atoms with van der Waals surface area (Å²) in [5.74, 6) is 0.354. The standard InChI is InChI=1S/C17H15NO3/c1-12(19)15-4-3-5-16(18-15)17(20)11-8-13-6-9-14(21-2)10-7-13/h3-11H,1-2H3/b11-8+. The summed E-state index contributed by atoms with van der Waals surface area (Å²) in [6, 6.07) is 12.2. The van der Waals surface area contributed by atoms with Gasteiger partial charge < -0.3 is 4.74 Å². The van der Waals surface area contributed by atoms with Crippen LogP contribution >= 0.6 is 0 Å². The molecule has 0 unspecified atom stereocenters. The number of hydrogen-bond acceptors (Lipinski definition) is 4. The van der Waals surface area contributed by atoms with E-state index in [1.165, 1.54) is 13.0 Å². The van der Waals surface area contributed by atoms with Crippen LogP contribution in [0.3, 0.4) is 0 Å². The Hall–Kier alpha value is -2.75. The molecule has 1 aromatic heterocycles. The minimum absolute atomic E-state index is 0.163. The molecule has 1 heterocycles. The number of aromatic nitrogens is 1. The van der Waals surface area contributed by atoms with Gasteiger partial charge in [-0.1, -0.05) is 24.3 Å². The molecule has 0 radical (unpaired) electrons. The van der Waals surface area contributed by atoms with E-state index in [0.29, 0.717) is 5.69 Å². The molecule has 0 amide bonds. The van der Waals surface area contributed by atoms with Crippen LogP contribution in [0.15, 0.2) is 48.5 Å². The molecule has 0 atom stereocenters. The minimum atomic E-state index is -0.242. The fourth-order valence-corrected chi connectivity index (χ4v) is 1.74. The Morgan fingerprint density at radius 1 is 1.05 bits per heavy atom. The van der Waals surface area contributed by atoms with E-state index in [4.69, 9.17) is 4.74 Å². The van der Waals surface area contributed by atoms with E-state index in [0.717, 1.165) is 11.3 Å². The summed E-state index contributed by atoms with van der Waals surface area (Å²) in [5, 5.41) is 0. The average molecular weight is 281 g/mol. The van der Waals surface area contributed by atoms with Crippen LogP contribution in [0, 0.1) is 0 Å². The second-order valence-electron chi connectivity index (χ2n) is 4.43. The van der Waals surface area contributed by atoms with E-state index >= 15 is 0 Å². The molecule has 0 aliphatic carbocycles. The van der Waals surface area contributed by atoms with E-state index in [2.05, 4.69) is 4.98 Å². The largest absolute Gasteiger partial charge is 0.497 e. The molecule has 106 valence electrons. The molecule has 2 aromatic rings. The summed E-state index contributed by atoms with van der Waals surface area (Å²) in [5.41, 5.74) is 1.43. The first-order valence-electron chi connectivity index (χ1n) is 6.44. The number of ether oxygens (including phenoxy) is 1. The molecule has 0 saturated heterocycles. The number of nitrogens with zero attached hydrogens (tertiary/aromatic N) is 1. The monoisotopic (exact) mass is 281 g/mol. The third-order valence-electron chi connectivity index (χ3n) is 2.91. The van der Waals surface area contributed by atoms with Crippen molar-refractivity contribution in [1.82, 2.24) is 4.98 Å². The van der Waals surface area contributed by atoms with Crippen molar-refractivity contribution in [2.75, 3.05) is 7.11 Å². The number of Topliss-reactive ketones (excluding diaryl/α,β-unsaturated/α-hetero) is 1. The highest BCUT2D eigenvalue weighted by molar-refractivity contribution is 6.06. The fourth-order valence-electron chi connectivity index (χ4n) is 1.74. The Morgan fingerprint density at radius 3 is 2.33 bits per heavy atom. The van der Waals surface area contributed by atoms with Crippen LogP contribution in [0.4, 0.5) is 0 Å². The van der Waals surface area contributed by atoms with Gasteiger partial charge in [-0.15, -0.1) is 0 Å². The van der Waals surface area contributed by atoms with Gasteiger partial charge in [0.1, 0.15) is 17.1 Å². The lowest BCUT2D eigenvalue weighted by Crippen LogP contribution is -2.04. The van der Waals surface area contributed by atoms with Crippen LogP contribution in [0.25, 0.3) is 6.08 Å². The number of benzene rings is 1. The molecule has 0 aliphatic heterocycles. The third kappa shape index (κ3) is 3.86. The highest BCUT2D eigenvalue weighted by atomic mass is 16.5. The van der Waals surface area contributed by atoms with Crippen molar-refractivity contribution in [1.29, 1.82) is 0 Å². The smallest absolute Gasteiger partial charge is 0.204 e. The van der Waals surface area contributed by atoms with Gasteiger partial charge in [0, 0.05) is 6.92 Å². The highest BCUT2D eigenvalue weighted by Crippen LogP contribution is 2.12. The van der Waals surface area contributed by atoms with Gasteiger partial charge in [0.2, 0.25) is 5.78 Å². The van der Waals surface area contributed by atoms with E-state index in [-0.39, 0.29) is 17.3 Å². The summed E-state index contributed by atoms with van der Waals surface area (Å²) in [6.45, 7) is 1.42. The van der Waals surface area contributed by atoms with E-state index in [1.807, 2.05) is 24.3 Å². The number of hydrogen-bond donors (Lipinski definition) is 0. The number of rotatable bonds is 5. The molecule has 0 fully saturated rings. The normalized spacial score (nSPS) is 10.6. The second-order valence-corrected chi connectivity index (χ2v) is 4.43. The Balaban J connectivity index is 2.14. The molecule has 4 nitrogen and oxygen atoms in total. The molecular weight excluding hydrogens is 266 g/mol. The lowest BCUT2D eigenvalue weighted by Gasteiger charge is -2.00. The lowest BCUT2D eigenvalue weighted by molar-refractivity contribution is 0.101. The van der Waals surface area contributed by atoms with Crippen molar-refractivity contribution >= 4 is 17.6 Å². The summed E-state index contributed by atoms with van der Waals surface area (Å²) in [7, 11) is 1.60. The molecule has 4 heteroatoms. The molecule has 1 aromatic carbocycles. The molecule has 0 N–H and O–H groups in total. The Labute approximate surface area is 123 Å².